The smallest absolute Gasteiger partial charge is 0.343 e. The second-order valence-corrected chi connectivity index (χ2v) is 8.50. The highest BCUT2D eigenvalue weighted by atomic mass is 16.5. The van der Waals surface area contributed by atoms with Crippen molar-refractivity contribution in [3.63, 3.8) is 0 Å². The molecule has 176 valence electrons. The topological polar surface area (TPSA) is 72.8 Å². The third kappa shape index (κ3) is 5.58. The van der Waals surface area contributed by atoms with Crippen molar-refractivity contribution in [1.29, 1.82) is 0 Å². The van der Waals surface area contributed by atoms with Crippen LogP contribution in [0.2, 0.25) is 0 Å². The first-order chi connectivity index (χ1) is 16.8. The van der Waals surface area contributed by atoms with Crippen LogP contribution in [0.4, 0.5) is 0 Å². The van der Waals surface area contributed by atoms with Gasteiger partial charge in [0.2, 0.25) is 0 Å². The molecule has 0 aliphatic carbocycles. The molecule has 0 aliphatic rings. The van der Waals surface area contributed by atoms with E-state index in [-0.39, 0.29) is 11.7 Å². The summed E-state index contributed by atoms with van der Waals surface area (Å²) < 4.78 is 11.4. The van der Waals surface area contributed by atoms with Crippen molar-refractivity contribution in [2.45, 2.75) is 26.7 Å². The molecule has 1 N–H and O–H groups in total. The van der Waals surface area contributed by atoms with Crippen molar-refractivity contribution < 1.29 is 24.2 Å². The third-order valence-electron chi connectivity index (χ3n) is 5.96. The number of aryl methyl sites for hydroxylation is 2. The van der Waals surface area contributed by atoms with Gasteiger partial charge in [-0.2, -0.15) is 0 Å². The number of aldehydes is 1. The second-order valence-electron chi connectivity index (χ2n) is 8.50. The maximum atomic E-state index is 12.7. The van der Waals surface area contributed by atoms with Crippen molar-refractivity contribution in [3.8, 4) is 23.0 Å². The summed E-state index contributed by atoms with van der Waals surface area (Å²) in [5.74, 6) is 1.62. The van der Waals surface area contributed by atoms with Crippen LogP contribution in [-0.4, -0.2) is 17.4 Å². The summed E-state index contributed by atoms with van der Waals surface area (Å²) in [7, 11) is 0. The Morgan fingerprint density at radius 1 is 0.800 bits per heavy atom. The van der Waals surface area contributed by atoms with E-state index in [0.717, 1.165) is 28.5 Å². The summed E-state index contributed by atoms with van der Waals surface area (Å²) in [6.45, 7) is 5.89. The molecule has 0 spiro atoms. The highest BCUT2D eigenvalue weighted by Gasteiger charge is 2.14. The second kappa shape index (κ2) is 10.3. The van der Waals surface area contributed by atoms with Gasteiger partial charge in [-0.15, -0.1) is 0 Å². The standard InChI is InChI=1S/C30H26O5/c1-19-16-24(8-14-28(19)32)21(3)25-9-15-29(20(2)17-25)35-30(33)23-6-12-27(13-7-23)34-26-10-4-22(18-31)5-11-26/h4-18,21,32H,1-3H3. The zero-order chi connectivity index (χ0) is 24.9. The SMILES string of the molecule is Cc1cc(C(C)c2ccc(OC(=O)c3ccc(Oc4ccc(C=O)cc4)cc3)c(C)c2)ccc1O. The van der Waals surface area contributed by atoms with Gasteiger partial charge in [0.15, 0.2) is 0 Å². The Morgan fingerprint density at radius 2 is 1.37 bits per heavy atom. The molecule has 35 heavy (non-hydrogen) atoms. The van der Waals surface area contributed by atoms with Gasteiger partial charge in [0.05, 0.1) is 5.56 Å². The Morgan fingerprint density at radius 3 is 1.94 bits per heavy atom. The average Bonchev–Trinajstić information content (AvgIpc) is 2.87. The van der Waals surface area contributed by atoms with Gasteiger partial charge in [-0.3, -0.25) is 4.79 Å². The van der Waals surface area contributed by atoms with Gasteiger partial charge >= 0.3 is 5.97 Å². The van der Waals surface area contributed by atoms with Crippen LogP contribution < -0.4 is 9.47 Å². The number of hydrogen-bond acceptors (Lipinski definition) is 5. The number of benzene rings is 4. The van der Waals surface area contributed by atoms with Gasteiger partial charge in [-0.1, -0.05) is 31.2 Å². The number of phenols is 1. The van der Waals surface area contributed by atoms with E-state index in [1.165, 1.54) is 0 Å². The van der Waals surface area contributed by atoms with E-state index < -0.39 is 5.97 Å². The zero-order valence-electron chi connectivity index (χ0n) is 19.8. The van der Waals surface area contributed by atoms with Crippen LogP contribution >= 0.6 is 0 Å². The van der Waals surface area contributed by atoms with Gasteiger partial charge in [-0.05, 0) is 96.8 Å². The monoisotopic (exact) mass is 466 g/mol. The van der Waals surface area contributed by atoms with Gasteiger partial charge < -0.3 is 14.6 Å². The maximum Gasteiger partial charge on any atom is 0.343 e. The number of rotatable bonds is 7. The van der Waals surface area contributed by atoms with Crippen molar-refractivity contribution >= 4 is 12.3 Å². The number of hydrogen-bond donors (Lipinski definition) is 1. The predicted molar refractivity (Wildman–Crippen MR) is 135 cm³/mol. The van der Waals surface area contributed by atoms with Crippen LogP contribution in [0.25, 0.3) is 0 Å². The van der Waals surface area contributed by atoms with Crippen LogP contribution in [0.3, 0.4) is 0 Å². The number of phenolic OH excluding ortho intramolecular Hbond substituents is 1. The predicted octanol–water partition coefficient (Wildman–Crippen LogP) is 6.98. The molecule has 0 aromatic heterocycles. The Labute approximate surface area is 204 Å². The molecule has 0 fully saturated rings. The lowest BCUT2D eigenvalue weighted by atomic mass is 9.91. The molecule has 0 bridgehead atoms. The summed E-state index contributed by atoms with van der Waals surface area (Å²) in [5.41, 5.74) is 4.87. The van der Waals surface area contributed by atoms with Crippen LogP contribution in [-0.2, 0) is 0 Å². The van der Waals surface area contributed by atoms with E-state index in [9.17, 15) is 14.7 Å². The Kier molecular flexibility index (Phi) is 6.97. The summed E-state index contributed by atoms with van der Waals surface area (Å²) in [6.07, 6.45) is 0.774. The van der Waals surface area contributed by atoms with Gasteiger partial charge in [0.1, 0.15) is 29.3 Å². The fourth-order valence-electron chi connectivity index (χ4n) is 3.77. The van der Waals surface area contributed by atoms with Crippen molar-refractivity contribution in [2.24, 2.45) is 0 Å². The third-order valence-corrected chi connectivity index (χ3v) is 5.96. The molecule has 1 atom stereocenters. The summed E-state index contributed by atoms with van der Waals surface area (Å²) in [4.78, 5) is 23.5. The highest BCUT2D eigenvalue weighted by Crippen LogP contribution is 2.31. The molecule has 5 nitrogen and oxygen atoms in total. The van der Waals surface area contributed by atoms with E-state index >= 15 is 0 Å². The van der Waals surface area contributed by atoms with Crippen LogP contribution in [0.15, 0.2) is 84.9 Å². The minimum atomic E-state index is -0.454. The fourth-order valence-corrected chi connectivity index (χ4v) is 3.77. The van der Waals surface area contributed by atoms with Crippen molar-refractivity contribution in [2.75, 3.05) is 0 Å². The molecule has 4 rings (SSSR count). The maximum absolute atomic E-state index is 12.7. The molecular formula is C30H26O5. The lowest BCUT2D eigenvalue weighted by Crippen LogP contribution is -2.09. The number of aromatic hydroxyl groups is 1. The first kappa shape index (κ1) is 23.8. The number of esters is 1. The van der Waals surface area contributed by atoms with Crippen LogP contribution in [0.1, 0.15) is 55.8 Å². The van der Waals surface area contributed by atoms with Crippen LogP contribution in [0, 0.1) is 13.8 Å². The molecule has 4 aromatic carbocycles. The number of ether oxygens (including phenoxy) is 2. The highest BCUT2D eigenvalue weighted by molar-refractivity contribution is 5.91. The Hall–Kier alpha value is -4.38. The quantitative estimate of drug-likeness (QED) is 0.181. The number of carbonyl (C=O) groups excluding carboxylic acids is 2. The average molecular weight is 467 g/mol. The van der Waals surface area contributed by atoms with Crippen LogP contribution in [0.5, 0.6) is 23.0 Å². The summed E-state index contributed by atoms with van der Waals surface area (Å²) in [6, 6.07) is 24.9. The molecule has 0 aliphatic heterocycles. The minimum absolute atomic E-state index is 0.125. The first-order valence-electron chi connectivity index (χ1n) is 11.3. The molecule has 0 saturated carbocycles. The summed E-state index contributed by atoms with van der Waals surface area (Å²) in [5, 5.41) is 9.79. The molecule has 0 radical (unpaired) electrons. The molecule has 0 amide bonds. The summed E-state index contributed by atoms with van der Waals surface area (Å²) >= 11 is 0. The van der Waals surface area contributed by atoms with Crippen molar-refractivity contribution in [1.82, 2.24) is 0 Å². The van der Waals surface area contributed by atoms with E-state index in [4.69, 9.17) is 9.47 Å². The zero-order valence-corrected chi connectivity index (χ0v) is 19.8. The molecule has 5 heteroatoms. The molecule has 1 unspecified atom stereocenters. The first-order valence-corrected chi connectivity index (χ1v) is 11.3. The molecule has 0 saturated heterocycles. The van der Waals surface area contributed by atoms with E-state index in [1.807, 2.05) is 44.2 Å². The molecule has 4 aromatic rings. The van der Waals surface area contributed by atoms with Gasteiger partial charge in [-0.25, -0.2) is 4.79 Å². The Bertz CT molecular complexity index is 1350. The van der Waals surface area contributed by atoms with Gasteiger partial charge in [0.25, 0.3) is 0 Å². The lowest BCUT2D eigenvalue weighted by Gasteiger charge is -2.16. The van der Waals surface area contributed by atoms with E-state index in [1.54, 1.807) is 54.6 Å². The van der Waals surface area contributed by atoms with E-state index in [2.05, 4.69) is 6.92 Å². The molecular weight excluding hydrogens is 440 g/mol. The van der Waals surface area contributed by atoms with E-state index in [0.29, 0.717) is 28.4 Å². The fraction of sp³-hybridized carbons (Fsp3) is 0.133. The lowest BCUT2D eigenvalue weighted by molar-refractivity contribution is 0.0733. The van der Waals surface area contributed by atoms with Crippen molar-refractivity contribution in [3.05, 3.63) is 118 Å². The normalized spacial score (nSPS) is 11.5. The van der Waals surface area contributed by atoms with Gasteiger partial charge in [0, 0.05) is 11.5 Å². The minimum Gasteiger partial charge on any atom is -0.508 e. The molecule has 0 heterocycles. The largest absolute Gasteiger partial charge is 0.508 e. The Balaban J connectivity index is 1.42. The number of carbonyl (C=O) groups is 2.